The molecule has 0 radical (unpaired) electrons. The van der Waals surface area contributed by atoms with Crippen molar-refractivity contribution in [3.05, 3.63) is 30.3 Å². The van der Waals surface area contributed by atoms with E-state index in [1.165, 1.54) is 0 Å². The number of benzene rings is 1. The Balaban J connectivity index is 0.000000490. The standard InChI is InChI=1S/C6H6O.Fe/c7-6-4-2-1-3-5-6;/h1-5,7H;. The zero-order valence-electron chi connectivity index (χ0n) is 4.19. The molecule has 1 rings (SSSR count). The summed E-state index contributed by atoms with van der Waals surface area (Å²) in [6.45, 7) is 0. The Bertz CT molecular complexity index is 138. The van der Waals surface area contributed by atoms with Crippen LogP contribution in [0.25, 0.3) is 0 Å². The van der Waals surface area contributed by atoms with Gasteiger partial charge in [-0.2, -0.15) is 0 Å². The Hall–Kier alpha value is -0.461. The van der Waals surface area contributed by atoms with Gasteiger partial charge in [-0.05, 0) is 12.1 Å². The number of hydrogen-bond donors (Lipinski definition) is 1. The van der Waals surface area contributed by atoms with Crippen LogP contribution >= 0.6 is 0 Å². The predicted octanol–water partition coefficient (Wildman–Crippen LogP) is 1.39. The SMILES string of the molecule is Oc1ccccc1.[Fe]. The molecule has 8 heavy (non-hydrogen) atoms. The van der Waals surface area contributed by atoms with Crippen LogP contribution in [-0.2, 0) is 17.1 Å². The molecule has 0 saturated carbocycles. The van der Waals surface area contributed by atoms with E-state index in [9.17, 15) is 0 Å². The first kappa shape index (κ1) is 7.54. The molecule has 1 nitrogen and oxygen atoms in total. The van der Waals surface area contributed by atoms with Gasteiger partial charge in [0, 0.05) is 17.1 Å². The predicted molar refractivity (Wildman–Crippen MR) is 28.1 cm³/mol. The fourth-order valence-corrected chi connectivity index (χ4v) is 0.428. The summed E-state index contributed by atoms with van der Waals surface area (Å²) in [5.41, 5.74) is 0. The summed E-state index contributed by atoms with van der Waals surface area (Å²) in [6, 6.07) is 8.71. The van der Waals surface area contributed by atoms with Crippen molar-refractivity contribution in [2.24, 2.45) is 0 Å². The molecule has 0 aliphatic heterocycles. The smallest absolute Gasteiger partial charge is 0.115 e. The zero-order valence-corrected chi connectivity index (χ0v) is 5.29. The number of rotatable bonds is 0. The van der Waals surface area contributed by atoms with Crippen LogP contribution in [-0.4, -0.2) is 5.11 Å². The molecule has 0 heterocycles. The molecule has 1 N–H and O–H groups in total. The number of para-hydroxylation sites is 1. The summed E-state index contributed by atoms with van der Waals surface area (Å²) >= 11 is 0. The normalized spacial score (nSPS) is 7.50. The van der Waals surface area contributed by atoms with Crippen molar-refractivity contribution in [1.29, 1.82) is 0 Å². The van der Waals surface area contributed by atoms with Gasteiger partial charge in [0.2, 0.25) is 0 Å². The fraction of sp³-hybridized carbons (Fsp3) is 0. The van der Waals surface area contributed by atoms with Crippen molar-refractivity contribution < 1.29 is 22.2 Å². The Morgan fingerprint density at radius 3 is 1.75 bits per heavy atom. The van der Waals surface area contributed by atoms with E-state index in [1.54, 1.807) is 24.3 Å². The molecule has 2 heteroatoms. The maximum absolute atomic E-state index is 8.63. The molecule has 0 unspecified atom stereocenters. The van der Waals surface area contributed by atoms with Gasteiger partial charge < -0.3 is 5.11 Å². The van der Waals surface area contributed by atoms with Crippen LogP contribution < -0.4 is 0 Å². The van der Waals surface area contributed by atoms with Gasteiger partial charge in [-0.1, -0.05) is 18.2 Å². The second-order valence-corrected chi connectivity index (χ2v) is 1.34. The van der Waals surface area contributed by atoms with Gasteiger partial charge in [0.1, 0.15) is 5.75 Å². The molecular formula is C6H6FeO. The van der Waals surface area contributed by atoms with Crippen molar-refractivity contribution in [2.75, 3.05) is 0 Å². The van der Waals surface area contributed by atoms with Crippen molar-refractivity contribution in [2.45, 2.75) is 0 Å². The van der Waals surface area contributed by atoms with Gasteiger partial charge in [0.15, 0.2) is 0 Å². The summed E-state index contributed by atoms with van der Waals surface area (Å²) in [5.74, 6) is 0.322. The Labute approximate surface area is 58.8 Å². The summed E-state index contributed by atoms with van der Waals surface area (Å²) < 4.78 is 0. The van der Waals surface area contributed by atoms with E-state index in [2.05, 4.69) is 0 Å². The first-order valence-electron chi connectivity index (χ1n) is 2.13. The number of hydrogen-bond acceptors (Lipinski definition) is 1. The molecule has 0 atom stereocenters. The molecule has 0 spiro atoms. The maximum atomic E-state index is 8.63. The third-order valence-corrected chi connectivity index (χ3v) is 0.756. The topological polar surface area (TPSA) is 20.2 Å². The van der Waals surface area contributed by atoms with Crippen molar-refractivity contribution in [3.8, 4) is 5.75 Å². The monoisotopic (exact) mass is 150 g/mol. The molecule has 44 valence electrons. The summed E-state index contributed by atoms with van der Waals surface area (Å²) in [5, 5.41) is 8.63. The molecule has 0 aliphatic rings. The second-order valence-electron chi connectivity index (χ2n) is 1.34. The van der Waals surface area contributed by atoms with Gasteiger partial charge in [-0.25, -0.2) is 0 Å². The minimum absolute atomic E-state index is 0. The Morgan fingerprint density at radius 2 is 1.50 bits per heavy atom. The van der Waals surface area contributed by atoms with Gasteiger partial charge in [0.25, 0.3) is 0 Å². The van der Waals surface area contributed by atoms with Crippen LogP contribution in [0.1, 0.15) is 0 Å². The van der Waals surface area contributed by atoms with E-state index in [4.69, 9.17) is 5.11 Å². The summed E-state index contributed by atoms with van der Waals surface area (Å²) in [4.78, 5) is 0. The van der Waals surface area contributed by atoms with Crippen LogP contribution in [0, 0.1) is 0 Å². The third kappa shape index (κ3) is 2.01. The van der Waals surface area contributed by atoms with Crippen LogP contribution in [0.5, 0.6) is 5.75 Å². The van der Waals surface area contributed by atoms with E-state index in [-0.39, 0.29) is 17.1 Å². The van der Waals surface area contributed by atoms with E-state index in [0.717, 1.165) is 0 Å². The van der Waals surface area contributed by atoms with E-state index in [1.807, 2.05) is 6.07 Å². The Morgan fingerprint density at radius 1 is 1.00 bits per heavy atom. The van der Waals surface area contributed by atoms with Crippen LogP contribution in [0.15, 0.2) is 30.3 Å². The molecule has 1 aromatic rings. The molecule has 0 saturated heterocycles. The maximum Gasteiger partial charge on any atom is 0.115 e. The van der Waals surface area contributed by atoms with Crippen LogP contribution in [0.2, 0.25) is 0 Å². The summed E-state index contributed by atoms with van der Waals surface area (Å²) in [6.07, 6.45) is 0. The number of aromatic hydroxyl groups is 1. The average molecular weight is 150 g/mol. The van der Waals surface area contributed by atoms with Crippen molar-refractivity contribution >= 4 is 0 Å². The van der Waals surface area contributed by atoms with Gasteiger partial charge in [0.05, 0.1) is 0 Å². The van der Waals surface area contributed by atoms with Crippen LogP contribution in [0.4, 0.5) is 0 Å². The minimum atomic E-state index is 0. The molecule has 0 aliphatic carbocycles. The first-order chi connectivity index (χ1) is 3.39. The van der Waals surface area contributed by atoms with Gasteiger partial charge in [-0.15, -0.1) is 0 Å². The zero-order chi connectivity index (χ0) is 5.11. The number of phenolic OH excluding ortho intramolecular Hbond substituents is 1. The molecule has 1 aromatic carbocycles. The van der Waals surface area contributed by atoms with E-state index < -0.39 is 0 Å². The minimum Gasteiger partial charge on any atom is -0.508 e. The quantitative estimate of drug-likeness (QED) is 0.554. The van der Waals surface area contributed by atoms with Gasteiger partial charge >= 0.3 is 0 Å². The summed E-state index contributed by atoms with van der Waals surface area (Å²) in [7, 11) is 0. The van der Waals surface area contributed by atoms with Crippen molar-refractivity contribution in [1.82, 2.24) is 0 Å². The molecule has 0 fully saturated rings. The second kappa shape index (κ2) is 3.53. The largest absolute Gasteiger partial charge is 0.508 e. The molecule has 0 amide bonds. The van der Waals surface area contributed by atoms with E-state index in [0.29, 0.717) is 5.75 Å². The van der Waals surface area contributed by atoms with E-state index >= 15 is 0 Å². The van der Waals surface area contributed by atoms with Crippen molar-refractivity contribution in [3.63, 3.8) is 0 Å². The fourth-order valence-electron chi connectivity index (χ4n) is 0.428. The molecule has 0 aromatic heterocycles. The first-order valence-corrected chi connectivity index (χ1v) is 2.13. The van der Waals surface area contributed by atoms with Gasteiger partial charge in [-0.3, -0.25) is 0 Å². The molecular weight excluding hydrogens is 144 g/mol. The molecule has 0 bridgehead atoms. The van der Waals surface area contributed by atoms with Crippen LogP contribution in [0.3, 0.4) is 0 Å². The third-order valence-electron chi connectivity index (χ3n) is 0.756. The average Bonchev–Trinajstić information content (AvgIpc) is 1.69. The number of phenols is 1. The Kier molecular flexibility index (Phi) is 3.33.